The Hall–Kier alpha value is -3.15. The molecule has 174 valence electrons. The maximum absolute atomic E-state index is 13.4. The molecule has 1 aliphatic carbocycles. The monoisotopic (exact) mass is 448 g/mol. The van der Waals surface area contributed by atoms with E-state index in [9.17, 15) is 14.4 Å². The highest BCUT2D eigenvalue weighted by molar-refractivity contribution is 5.99. The summed E-state index contributed by atoms with van der Waals surface area (Å²) in [5.41, 5.74) is 3.15. The molecule has 2 aromatic carbocycles. The molecule has 1 saturated carbocycles. The molecule has 2 aliphatic rings. The van der Waals surface area contributed by atoms with Gasteiger partial charge in [0, 0.05) is 25.3 Å². The first-order chi connectivity index (χ1) is 16.1. The Balaban J connectivity index is 1.37. The zero-order valence-electron chi connectivity index (χ0n) is 19.2. The molecule has 0 spiro atoms. The first kappa shape index (κ1) is 23.0. The SMILES string of the molecule is CCN(Cc1ccccc1)C(=O)COC(=O)C1CCCCC1C(=O)N1CCc2ccccc21. The van der Waals surface area contributed by atoms with Crippen molar-refractivity contribution in [3.8, 4) is 0 Å². The molecule has 6 heteroatoms. The molecular formula is C27H32N2O4. The van der Waals surface area contributed by atoms with Gasteiger partial charge in [0.05, 0.1) is 11.8 Å². The van der Waals surface area contributed by atoms with Crippen LogP contribution in [0, 0.1) is 11.8 Å². The Morgan fingerprint density at radius 2 is 1.67 bits per heavy atom. The minimum Gasteiger partial charge on any atom is -0.455 e. The Bertz CT molecular complexity index is 991. The van der Waals surface area contributed by atoms with E-state index in [2.05, 4.69) is 6.07 Å². The number of nitrogens with zero attached hydrogens (tertiary/aromatic N) is 2. The van der Waals surface area contributed by atoms with E-state index in [1.165, 1.54) is 5.56 Å². The molecule has 2 amide bonds. The van der Waals surface area contributed by atoms with E-state index in [1.54, 1.807) is 4.90 Å². The molecule has 2 atom stereocenters. The minimum absolute atomic E-state index is 0.00666. The Morgan fingerprint density at radius 1 is 0.970 bits per heavy atom. The maximum atomic E-state index is 13.4. The van der Waals surface area contributed by atoms with Crippen LogP contribution in [0.15, 0.2) is 54.6 Å². The molecular weight excluding hydrogens is 416 g/mol. The molecule has 0 aromatic heterocycles. The van der Waals surface area contributed by atoms with Crippen molar-refractivity contribution < 1.29 is 19.1 Å². The number of esters is 1. The second-order valence-electron chi connectivity index (χ2n) is 8.87. The highest BCUT2D eigenvalue weighted by Gasteiger charge is 2.40. The van der Waals surface area contributed by atoms with Crippen molar-refractivity contribution in [2.45, 2.75) is 45.6 Å². The lowest BCUT2D eigenvalue weighted by Gasteiger charge is -2.32. The topological polar surface area (TPSA) is 66.9 Å². The Morgan fingerprint density at radius 3 is 2.42 bits per heavy atom. The largest absolute Gasteiger partial charge is 0.455 e. The van der Waals surface area contributed by atoms with Crippen LogP contribution in [-0.2, 0) is 32.1 Å². The normalized spacial score (nSPS) is 19.6. The molecule has 0 N–H and O–H groups in total. The third-order valence-corrected chi connectivity index (χ3v) is 6.83. The fourth-order valence-electron chi connectivity index (χ4n) is 4.99. The number of carbonyl (C=O) groups is 3. The maximum Gasteiger partial charge on any atom is 0.310 e. The second-order valence-corrected chi connectivity index (χ2v) is 8.87. The fourth-order valence-corrected chi connectivity index (χ4v) is 4.99. The van der Waals surface area contributed by atoms with Gasteiger partial charge < -0.3 is 14.5 Å². The number of para-hydroxylation sites is 1. The van der Waals surface area contributed by atoms with Gasteiger partial charge in [0.25, 0.3) is 5.91 Å². The second kappa shape index (κ2) is 10.6. The number of hydrogen-bond donors (Lipinski definition) is 0. The molecule has 1 aliphatic heterocycles. The van der Waals surface area contributed by atoms with Crippen LogP contribution in [0.1, 0.15) is 43.7 Å². The predicted molar refractivity (Wildman–Crippen MR) is 126 cm³/mol. The molecule has 2 aromatic rings. The zero-order chi connectivity index (χ0) is 23.2. The van der Waals surface area contributed by atoms with E-state index in [0.717, 1.165) is 30.5 Å². The number of carbonyl (C=O) groups excluding carboxylic acids is 3. The summed E-state index contributed by atoms with van der Waals surface area (Å²) < 4.78 is 5.48. The number of rotatable bonds is 7. The van der Waals surface area contributed by atoms with Crippen molar-refractivity contribution in [2.75, 3.05) is 24.6 Å². The quantitative estimate of drug-likeness (QED) is 0.601. The summed E-state index contributed by atoms with van der Waals surface area (Å²) in [6.45, 7) is 3.28. The van der Waals surface area contributed by atoms with Crippen molar-refractivity contribution in [2.24, 2.45) is 11.8 Å². The first-order valence-corrected chi connectivity index (χ1v) is 12.0. The fraction of sp³-hybridized carbons (Fsp3) is 0.444. The number of hydrogen-bond acceptors (Lipinski definition) is 4. The standard InChI is InChI=1S/C27H32N2O4/c1-2-28(18-20-10-4-3-5-11-20)25(30)19-33-27(32)23-14-8-7-13-22(23)26(31)29-17-16-21-12-6-9-15-24(21)29/h3-6,9-12,15,22-23H,2,7-8,13-14,16-19H2,1H3. The smallest absolute Gasteiger partial charge is 0.310 e. The lowest BCUT2D eigenvalue weighted by molar-refractivity contribution is -0.159. The third-order valence-electron chi connectivity index (χ3n) is 6.83. The van der Waals surface area contributed by atoms with Crippen LogP contribution < -0.4 is 4.90 Å². The Labute approximate surface area is 195 Å². The molecule has 1 fully saturated rings. The number of fused-ring (bicyclic) bond motifs is 1. The van der Waals surface area contributed by atoms with Crippen molar-refractivity contribution in [3.63, 3.8) is 0 Å². The zero-order valence-corrected chi connectivity index (χ0v) is 19.2. The predicted octanol–water partition coefficient (Wildman–Crippen LogP) is 3.97. The van der Waals surface area contributed by atoms with Crippen LogP contribution in [0.5, 0.6) is 0 Å². The van der Waals surface area contributed by atoms with Crippen molar-refractivity contribution in [3.05, 3.63) is 65.7 Å². The third kappa shape index (κ3) is 5.27. The van der Waals surface area contributed by atoms with Crippen molar-refractivity contribution in [1.82, 2.24) is 4.90 Å². The van der Waals surface area contributed by atoms with E-state index in [0.29, 0.717) is 32.5 Å². The van der Waals surface area contributed by atoms with Gasteiger partial charge in [-0.25, -0.2) is 0 Å². The molecule has 1 heterocycles. The van der Waals surface area contributed by atoms with Gasteiger partial charge in [0.2, 0.25) is 5.91 Å². The van der Waals surface area contributed by atoms with Gasteiger partial charge in [-0.1, -0.05) is 61.4 Å². The summed E-state index contributed by atoms with van der Waals surface area (Å²) in [4.78, 5) is 42.6. The van der Waals surface area contributed by atoms with E-state index in [4.69, 9.17) is 4.74 Å². The van der Waals surface area contributed by atoms with Crippen LogP contribution >= 0.6 is 0 Å². The minimum atomic E-state index is -0.490. The highest BCUT2D eigenvalue weighted by Crippen LogP contribution is 2.36. The molecule has 33 heavy (non-hydrogen) atoms. The summed E-state index contributed by atoms with van der Waals surface area (Å²) in [6.07, 6.45) is 3.96. The van der Waals surface area contributed by atoms with E-state index < -0.39 is 11.9 Å². The molecule has 4 rings (SSSR count). The van der Waals surface area contributed by atoms with Crippen LogP contribution in [-0.4, -0.2) is 42.4 Å². The highest BCUT2D eigenvalue weighted by atomic mass is 16.5. The number of benzene rings is 2. The molecule has 0 saturated heterocycles. The molecule has 0 bridgehead atoms. The molecule has 6 nitrogen and oxygen atoms in total. The van der Waals surface area contributed by atoms with Crippen LogP contribution in [0.2, 0.25) is 0 Å². The van der Waals surface area contributed by atoms with Gasteiger partial charge in [0.1, 0.15) is 0 Å². The van der Waals surface area contributed by atoms with E-state index in [-0.39, 0.29) is 24.3 Å². The van der Waals surface area contributed by atoms with Crippen LogP contribution in [0.4, 0.5) is 5.69 Å². The van der Waals surface area contributed by atoms with Crippen LogP contribution in [0.25, 0.3) is 0 Å². The summed E-state index contributed by atoms with van der Waals surface area (Å²) in [7, 11) is 0. The lowest BCUT2D eigenvalue weighted by atomic mass is 9.78. The average molecular weight is 449 g/mol. The van der Waals surface area contributed by atoms with Crippen LogP contribution in [0.3, 0.4) is 0 Å². The van der Waals surface area contributed by atoms with Gasteiger partial charge >= 0.3 is 5.97 Å². The Kier molecular flexibility index (Phi) is 7.43. The van der Waals surface area contributed by atoms with E-state index in [1.807, 2.05) is 60.4 Å². The van der Waals surface area contributed by atoms with Gasteiger partial charge in [-0.05, 0) is 43.4 Å². The van der Waals surface area contributed by atoms with Gasteiger partial charge in [-0.2, -0.15) is 0 Å². The van der Waals surface area contributed by atoms with Gasteiger partial charge in [-0.3, -0.25) is 14.4 Å². The lowest BCUT2D eigenvalue weighted by Crippen LogP contribution is -2.43. The first-order valence-electron chi connectivity index (χ1n) is 12.0. The molecule has 0 radical (unpaired) electrons. The number of amides is 2. The summed E-state index contributed by atoms with van der Waals surface area (Å²) >= 11 is 0. The summed E-state index contributed by atoms with van der Waals surface area (Å²) in [5, 5.41) is 0. The average Bonchev–Trinajstić information content (AvgIpc) is 3.30. The van der Waals surface area contributed by atoms with Crippen molar-refractivity contribution >= 4 is 23.5 Å². The van der Waals surface area contributed by atoms with Gasteiger partial charge in [0.15, 0.2) is 6.61 Å². The van der Waals surface area contributed by atoms with E-state index >= 15 is 0 Å². The number of ether oxygens (including phenoxy) is 1. The van der Waals surface area contributed by atoms with Gasteiger partial charge in [-0.15, -0.1) is 0 Å². The summed E-state index contributed by atoms with van der Waals surface area (Å²) in [6, 6.07) is 17.7. The van der Waals surface area contributed by atoms with Crippen molar-refractivity contribution in [1.29, 1.82) is 0 Å². The molecule has 2 unspecified atom stereocenters. The number of likely N-dealkylation sites (N-methyl/N-ethyl adjacent to an activating group) is 1. The summed E-state index contributed by atoms with van der Waals surface area (Å²) in [5.74, 6) is -1.52. The number of anilines is 1.